The lowest BCUT2D eigenvalue weighted by Crippen LogP contribution is -2.12. The van der Waals surface area contributed by atoms with E-state index < -0.39 is 0 Å². The predicted octanol–water partition coefficient (Wildman–Crippen LogP) is 19.5. The quantitative estimate of drug-likeness (QED) is 0.0454. The molecule has 0 aliphatic carbocycles. The molecule has 0 radical (unpaired) electrons. The van der Waals surface area contributed by atoms with Crippen molar-refractivity contribution in [3.8, 4) is 0 Å². The van der Waals surface area contributed by atoms with Crippen molar-refractivity contribution in [1.82, 2.24) is 0 Å². The molecule has 0 aromatic rings. The summed E-state index contributed by atoms with van der Waals surface area (Å²) in [4.78, 5) is 0. The van der Waals surface area contributed by atoms with Gasteiger partial charge in [-0.15, -0.1) is 0 Å². The third-order valence-electron chi connectivity index (χ3n) is 11.9. The molecule has 0 spiro atoms. The first-order valence-electron chi connectivity index (χ1n) is 25.3. The van der Waals surface area contributed by atoms with Crippen molar-refractivity contribution < 1.29 is 9.05 Å². The smallest absolute Gasteiger partial charge is 0.155 e. The molecule has 3 heteroatoms. The van der Waals surface area contributed by atoms with E-state index in [4.69, 9.17) is 9.05 Å². The summed E-state index contributed by atoms with van der Waals surface area (Å²) in [6.07, 6.45) is 62.3. The molecule has 320 valence electrons. The van der Waals surface area contributed by atoms with E-state index in [-0.39, 0.29) is 9.03 Å². The van der Waals surface area contributed by atoms with Gasteiger partial charge in [0.2, 0.25) is 0 Å². The highest BCUT2D eigenvalue weighted by atomic mass is 31.1. The summed E-state index contributed by atoms with van der Waals surface area (Å²) in [5.41, 5.74) is 0. The van der Waals surface area contributed by atoms with Gasteiger partial charge < -0.3 is 9.05 Å². The molecule has 53 heavy (non-hydrogen) atoms. The zero-order valence-corrected chi connectivity index (χ0v) is 38.6. The Morgan fingerprint density at radius 3 is 0.547 bits per heavy atom. The molecule has 0 heterocycles. The van der Waals surface area contributed by atoms with Crippen molar-refractivity contribution in [2.24, 2.45) is 0 Å². The van der Waals surface area contributed by atoms with Gasteiger partial charge >= 0.3 is 0 Å². The highest BCUT2D eigenvalue weighted by Crippen LogP contribution is 2.29. The lowest BCUT2D eigenvalue weighted by Gasteiger charge is -2.21. The maximum absolute atomic E-state index is 6.64. The van der Waals surface area contributed by atoms with Crippen molar-refractivity contribution >= 4 is 9.03 Å². The minimum atomic E-state index is 0.239. The lowest BCUT2D eigenvalue weighted by molar-refractivity contribution is 0.129. The first kappa shape index (κ1) is 53.4. The summed E-state index contributed by atoms with van der Waals surface area (Å²) in [6.45, 7) is 9.27. The second-order valence-corrected chi connectivity index (χ2v) is 18.1. The Hall–Kier alpha value is 0.350. The fourth-order valence-corrected chi connectivity index (χ4v) is 8.93. The minimum Gasteiger partial charge on any atom is -0.333 e. The van der Waals surface area contributed by atoms with Gasteiger partial charge in [-0.05, 0) is 25.7 Å². The van der Waals surface area contributed by atoms with Crippen molar-refractivity contribution in [3.05, 3.63) is 0 Å². The molecule has 0 saturated heterocycles. The first-order chi connectivity index (χ1) is 26.3. The molecule has 0 aliphatic heterocycles. The molecule has 0 amide bonds. The van der Waals surface area contributed by atoms with E-state index in [2.05, 4.69) is 27.7 Å². The van der Waals surface area contributed by atoms with Crippen LogP contribution in [0, 0.1) is 0 Å². The zero-order valence-electron chi connectivity index (χ0n) is 37.6. The topological polar surface area (TPSA) is 18.5 Å². The van der Waals surface area contributed by atoms with E-state index in [0.717, 1.165) is 0 Å². The lowest BCUT2D eigenvalue weighted by atomic mass is 10.0. The fourth-order valence-electron chi connectivity index (χ4n) is 8.13. The van der Waals surface area contributed by atoms with Crippen LogP contribution >= 0.6 is 9.03 Å². The van der Waals surface area contributed by atoms with Crippen LogP contribution in [0.25, 0.3) is 0 Å². The molecule has 0 N–H and O–H groups in total. The van der Waals surface area contributed by atoms with Crippen LogP contribution in [-0.2, 0) is 9.05 Å². The predicted molar refractivity (Wildman–Crippen MR) is 244 cm³/mol. The van der Waals surface area contributed by atoms with Gasteiger partial charge in [0.1, 0.15) is 0 Å². The van der Waals surface area contributed by atoms with Crippen LogP contribution in [0.15, 0.2) is 0 Å². The molecule has 0 unspecified atom stereocenters. The number of unbranched alkanes of at least 4 members (excludes halogenated alkanes) is 36. The molecular formula is C50H103O2P. The average molecular weight is 767 g/mol. The Morgan fingerprint density at radius 1 is 0.226 bits per heavy atom. The van der Waals surface area contributed by atoms with Crippen LogP contribution in [0.2, 0.25) is 0 Å². The average Bonchev–Trinajstić information content (AvgIpc) is 3.17. The summed E-state index contributed by atoms with van der Waals surface area (Å²) < 4.78 is 13.3. The number of hydrogen-bond acceptors (Lipinski definition) is 2. The van der Waals surface area contributed by atoms with E-state index in [1.165, 1.54) is 283 Å². The van der Waals surface area contributed by atoms with Crippen LogP contribution in [0.5, 0.6) is 0 Å². The van der Waals surface area contributed by atoms with E-state index in [0.29, 0.717) is 12.2 Å². The van der Waals surface area contributed by atoms with Crippen molar-refractivity contribution in [2.75, 3.05) is 0 Å². The SMILES string of the molecule is CCCCCCCCCCCCC(CCCCCCCCCCCC)OPOC(CCCCCCCCCCCC)CCCCCCCCCCCC. The van der Waals surface area contributed by atoms with Gasteiger partial charge in [0.25, 0.3) is 0 Å². The van der Waals surface area contributed by atoms with Crippen LogP contribution < -0.4 is 0 Å². The van der Waals surface area contributed by atoms with E-state index >= 15 is 0 Å². The van der Waals surface area contributed by atoms with Crippen LogP contribution in [-0.4, -0.2) is 12.2 Å². The second-order valence-electron chi connectivity index (χ2n) is 17.4. The van der Waals surface area contributed by atoms with Crippen LogP contribution in [0.4, 0.5) is 0 Å². The third-order valence-corrected chi connectivity index (χ3v) is 12.8. The standard InChI is InChI=1S/C50H103O2P/c1-5-9-13-17-21-25-29-33-37-41-45-49(46-42-38-34-30-26-22-18-14-10-6-2)51-53-52-50(47-43-39-35-31-27-23-19-15-11-7-3)48-44-40-36-32-28-24-20-16-12-8-4/h49-50,53H,5-48H2,1-4H3. The zero-order chi connectivity index (χ0) is 38.4. The Labute approximate surface area is 339 Å². The highest BCUT2D eigenvalue weighted by molar-refractivity contribution is 7.26. The first-order valence-corrected chi connectivity index (χ1v) is 26.2. The van der Waals surface area contributed by atoms with Gasteiger partial charge in [-0.2, -0.15) is 0 Å². The summed E-state index contributed by atoms with van der Waals surface area (Å²) in [5.74, 6) is 0. The van der Waals surface area contributed by atoms with E-state index in [1.54, 1.807) is 0 Å². The monoisotopic (exact) mass is 767 g/mol. The third kappa shape index (κ3) is 44.9. The molecular weight excluding hydrogens is 664 g/mol. The van der Waals surface area contributed by atoms with Crippen LogP contribution in [0.3, 0.4) is 0 Å². The molecule has 2 nitrogen and oxygen atoms in total. The van der Waals surface area contributed by atoms with Crippen LogP contribution in [0.1, 0.15) is 310 Å². The largest absolute Gasteiger partial charge is 0.333 e. The summed E-state index contributed by atoms with van der Waals surface area (Å²) in [6, 6.07) is 0. The van der Waals surface area contributed by atoms with E-state index in [1.807, 2.05) is 0 Å². The summed E-state index contributed by atoms with van der Waals surface area (Å²) in [7, 11) is 0.239. The number of hydrogen-bond donors (Lipinski definition) is 0. The molecule has 0 saturated carbocycles. The molecule has 0 aromatic heterocycles. The Kier molecular flexibility index (Phi) is 48.8. The maximum atomic E-state index is 6.64. The van der Waals surface area contributed by atoms with Crippen molar-refractivity contribution in [1.29, 1.82) is 0 Å². The van der Waals surface area contributed by atoms with Crippen molar-refractivity contribution in [3.63, 3.8) is 0 Å². The molecule has 0 bridgehead atoms. The molecule has 0 aliphatic rings. The maximum Gasteiger partial charge on any atom is 0.155 e. The van der Waals surface area contributed by atoms with Gasteiger partial charge in [-0.3, -0.25) is 0 Å². The highest BCUT2D eigenvalue weighted by Gasteiger charge is 2.14. The van der Waals surface area contributed by atoms with Gasteiger partial charge in [-0.25, -0.2) is 0 Å². The summed E-state index contributed by atoms with van der Waals surface area (Å²) >= 11 is 0. The summed E-state index contributed by atoms with van der Waals surface area (Å²) in [5, 5.41) is 0. The Morgan fingerprint density at radius 2 is 0.377 bits per heavy atom. The molecule has 0 fully saturated rings. The normalized spacial score (nSPS) is 11.9. The van der Waals surface area contributed by atoms with Gasteiger partial charge in [0.15, 0.2) is 9.03 Å². The molecule has 0 atom stereocenters. The van der Waals surface area contributed by atoms with Gasteiger partial charge in [0.05, 0.1) is 12.2 Å². The van der Waals surface area contributed by atoms with Gasteiger partial charge in [-0.1, -0.05) is 285 Å². The molecule has 0 aromatic carbocycles. The van der Waals surface area contributed by atoms with Gasteiger partial charge in [0, 0.05) is 0 Å². The second kappa shape index (κ2) is 48.5. The minimum absolute atomic E-state index is 0.239. The fraction of sp³-hybridized carbons (Fsp3) is 1.00. The Bertz CT molecular complexity index is 527. The van der Waals surface area contributed by atoms with E-state index in [9.17, 15) is 0 Å². The molecule has 0 rings (SSSR count). The Balaban J connectivity index is 4.63. The van der Waals surface area contributed by atoms with Crippen molar-refractivity contribution in [2.45, 2.75) is 322 Å². The number of rotatable bonds is 48.